The van der Waals surface area contributed by atoms with Gasteiger partial charge in [0.2, 0.25) is 0 Å². The predicted octanol–water partition coefficient (Wildman–Crippen LogP) is 3.43. The van der Waals surface area contributed by atoms with Crippen molar-refractivity contribution >= 4 is 28.5 Å². The molecular weight excluding hydrogens is 250 g/mol. The van der Waals surface area contributed by atoms with Crippen molar-refractivity contribution in [3.05, 3.63) is 41.0 Å². The van der Waals surface area contributed by atoms with Gasteiger partial charge in [0.25, 0.3) is 5.71 Å². The zero-order valence-electron chi connectivity index (χ0n) is 9.64. The molecule has 0 fully saturated rings. The first-order valence-electron chi connectivity index (χ1n) is 5.44. The number of fused-ring (bicyclic) bond motifs is 1. The zero-order chi connectivity index (χ0) is 12.7. The Kier molecular flexibility index (Phi) is 2.45. The average Bonchev–Trinajstić information content (AvgIpc) is 2.71. The molecule has 4 nitrogen and oxygen atoms in total. The minimum Gasteiger partial charge on any atom is -0.380 e. The topological polar surface area (TPSA) is 64.9 Å². The fourth-order valence-electron chi connectivity index (χ4n) is 1.99. The van der Waals surface area contributed by atoms with Gasteiger partial charge in [-0.3, -0.25) is 0 Å². The van der Waals surface area contributed by atoms with Gasteiger partial charge in [-0.25, -0.2) is 4.98 Å². The number of pyridine rings is 1. The molecule has 0 saturated carbocycles. The van der Waals surface area contributed by atoms with E-state index in [9.17, 15) is 0 Å². The molecule has 0 saturated heterocycles. The molecule has 0 aliphatic carbocycles. The molecule has 0 atom stereocenters. The van der Waals surface area contributed by atoms with Crippen LogP contribution in [0.15, 0.2) is 34.9 Å². The van der Waals surface area contributed by atoms with Crippen LogP contribution in [-0.4, -0.2) is 10.1 Å². The second-order valence-electron chi connectivity index (χ2n) is 4.04. The smallest absolute Gasteiger partial charge is 0.260 e. The van der Waals surface area contributed by atoms with Crippen molar-refractivity contribution in [1.29, 1.82) is 0 Å². The predicted molar refractivity (Wildman–Crippen MR) is 71.4 cm³/mol. The number of nitrogens with two attached hydrogens (primary N) is 1. The molecule has 90 valence electrons. The summed E-state index contributed by atoms with van der Waals surface area (Å²) in [6.45, 7) is 1.89. The highest BCUT2D eigenvalue weighted by atomic mass is 35.5. The standard InChI is InChI=1S/C13H10ClN3O/c1-7-6-9(8-4-2-3-5-10(8)14)11-12(15)17-18-13(11)16-7/h2-6H,1H3,(H2,15,17). The Balaban J connectivity index is 2.41. The summed E-state index contributed by atoms with van der Waals surface area (Å²) < 4.78 is 5.10. The van der Waals surface area contributed by atoms with E-state index >= 15 is 0 Å². The first-order valence-corrected chi connectivity index (χ1v) is 5.82. The maximum Gasteiger partial charge on any atom is 0.260 e. The van der Waals surface area contributed by atoms with Gasteiger partial charge >= 0.3 is 0 Å². The summed E-state index contributed by atoms with van der Waals surface area (Å²) >= 11 is 6.22. The van der Waals surface area contributed by atoms with Crippen LogP contribution in [0.25, 0.3) is 22.2 Å². The third-order valence-electron chi connectivity index (χ3n) is 2.76. The molecule has 0 aliphatic heterocycles. The minimum absolute atomic E-state index is 0.326. The summed E-state index contributed by atoms with van der Waals surface area (Å²) in [6.07, 6.45) is 0. The molecule has 0 aliphatic rings. The summed E-state index contributed by atoms with van der Waals surface area (Å²) in [5, 5.41) is 5.11. The van der Waals surface area contributed by atoms with Gasteiger partial charge in [-0.1, -0.05) is 35.0 Å². The van der Waals surface area contributed by atoms with E-state index in [1.807, 2.05) is 37.3 Å². The van der Waals surface area contributed by atoms with Gasteiger partial charge in [-0.05, 0) is 19.1 Å². The van der Waals surface area contributed by atoms with Gasteiger partial charge < -0.3 is 10.3 Å². The monoisotopic (exact) mass is 259 g/mol. The Hall–Kier alpha value is -2.07. The Morgan fingerprint density at radius 2 is 2.00 bits per heavy atom. The van der Waals surface area contributed by atoms with Crippen LogP contribution in [0.1, 0.15) is 5.69 Å². The molecule has 0 bridgehead atoms. The van der Waals surface area contributed by atoms with Crippen molar-refractivity contribution in [2.45, 2.75) is 6.92 Å². The van der Waals surface area contributed by atoms with Crippen molar-refractivity contribution in [1.82, 2.24) is 10.1 Å². The molecular formula is C13H10ClN3O. The van der Waals surface area contributed by atoms with Crippen LogP contribution in [-0.2, 0) is 0 Å². The molecule has 1 aromatic carbocycles. The molecule has 5 heteroatoms. The Labute approximate surface area is 108 Å². The van der Waals surface area contributed by atoms with Crippen LogP contribution in [0, 0.1) is 6.92 Å². The lowest BCUT2D eigenvalue weighted by Crippen LogP contribution is -1.90. The molecule has 2 heterocycles. The highest BCUT2D eigenvalue weighted by Gasteiger charge is 2.15. The van der Waals surface area contributed by atoms with Crippen LogP contribution in [0.4, 0.5) is 5.82 Å². The maximum atomic E-state index is 6.22. The number of nitrogen functional groups attached to an aromatic ring is 1. The molecule has 3 rings (SSSR count). The first kappa shape index (κ1) is 11.0. The zero-order valence-corrected chi connectivity index (χ0v) is 10.4. The Morgan fingerprint density at radius 3 is 2.78 bits per heavy atom. The average molecular weight is 260 g/mol. The number of hydrogen-bond acceptors (Lipinski definition) is 4. The second-order valence-corrected chi connectivity index (χ2v) is 4.45. The molecule has 2 aromatic heterocycles. The van der Waals surface area contributed by atoms with Gasteiger partial charge in [0.15, 0.2) is 5.82 Å². The number of hydrogen-bond donors (Lipinski definition) is 1. The van der Waals surface area contributed by atoms with E-state index in [0.717, 1.165) is 16.8 Å². The molecule has 0 unspecified atom stereocenters. The SMILES string of the molecule is Cc1cc(-c2ccccc2Cl)c2c(N)noc2n1. The quantitative estimate of drug-likeness (QED) is 0.727. The molecule has 3 aromatic rings. The fourth-order valence-corrected chi connectivity index (χ4v) is 2.23. The molecule has 0 radical (unpaired) electrons. The van der Waals surface area contributed by atoms with Crippen molar-refractivity contribution < 1.29 is 4.52 Å². The van der Waals surface area contributed by atoms with Crippen molar-refractivity contribution in [3.63, 3.8) is 0 Å². The lowest BCUT2D eigenvalue weighted by Gasteiger charge is -2.06. The van der Waals surface area contributed by atoms with Crippen molar-refractivity contribution in [2.75, 3.05) is 5.73 Å². The summed E-state index contributed by atoms with van der Waals surface area (Å²) in [6, 6.07) is 9.50. The normalized spacial score (nSPS) is 11.0. The van der Waals surface area contributed by atoms with Crippen LogP contribution in [0.5, 0.6) is 0 Å². The van der Waals surface area contributed by atoms with Gasteiger partial charge in [0, 0.05) is 21.8 Å². The Bertz CT molecular complexity index is 736. The summed E-state index contributed by atoms with van der Waals surface area (Å²) in [4.78, 5) is 4.26. The van der Waals surface area contributed by atoms with Gasteiger partial charge in [0.05, 0.1) is 5.39 Å². The second kappa shape index (κ2) is 3.99. The van der Waals surface area contributed by atoms with Crippen LogP contribution < -0.4 is 5.73 Å². The maximum absolute atomic E-state index is 6.22. The van der Waals surface area contributed by atoms with Crippen LogP contribution >= 0.6 is 11.6 Å². The van der Waals surface area contributed by atoms with Crippen LogP contribution in [0.2, 0.25) is 5.02 Å². The summed E-state index contributed by atoms with van der Waals surface area (Å²) in [5.41, 5.74) is 8.87. The summed E-state index contributed by atoms with van der Waals surface area (Å²) in [7, 11) is 0. The van der Waals surface area contributed by atoms with E-state index in [0.29, 0.717) is 21.9 Å². The largest absolute Gasteiger partial charge is 0.380 e. The molecule has 18 heavy (non-hydrogen) atoms. The number of aromatic nitrogens is 2. The van der Waals surface area contributed by atoms with Gasteiger partial charge in [-0.2, -0.15) is 0 Å². The third kappa shape index (κ3) is 1.62. The molecule has 0 amide bonds. The number of anilines is 1. The van der Waals surface area contributed by atoms with E-state index < -0.39 is 0 Å². The number of rotatable bonds is 1. The van der Waals surface area contributed by atoms with Crippen LogP contribution in [0.3, 0.4) is 0 Å². The van der Waals surface area contributed by atoms with Gasteiger partial charge in [-0.15, -0.1) is 0 Å². The molecule has 0 spiro atoms. The highest BCUT2D eigenvalue weighted by Crippen LogP contribution is 2.35. The first-order chi connectivity index (χ1) is 8.66. The third-order valence-corrected chi connectivity index (χ3v) is 3.09. The number of nitrogens with zero attached hydrogens (tertiary/aromatic N) is 2. The van der Waals surface area contributed by atoms with E-state index in [2.05, 4.69) is 10.1 Å². The van der Waals surface area contributed by atoms with E-state index in [-0.39, 0.29) is 0 Å². The minimum atomic E-state index is 0.326. The number of benzene rings is 1. The van der Waals surface area contributed by atoms with Crippen molar-refractivity contribution in [3.8, 4) is 11.1 Å². The lowest BCUT2D eigenvalue weighted by molar-refractivity contribution is 0.452. The summed E-state index contributed by atoms with van der Waals surface area (Å²) in [5.74, 6) is 0.326. The van der Waals surface area contributed by atoms with Gasteiger partial charge in [0.1, 0.15) is 0 Å². The fraction of sp³-hybridized carbons (Fsp3) is 0.0769. The van der Waals surface area contributed by atoms with E-state index in [1.165, 1.54) is 0 Å². The van der Waals surface area contributed by atoms with Crippen molar-refractivity contribution in [2.24, 2.45) is 0 Å². The van der Waals surface area contributed by atoms with E-state index in [4.69, 9.17) is 21.9 Å². The highest BCUT2D eigenvalue weighted by molar-refractivity contribution is 6.33. The van der Waals surface area contributed by atoms with E-state index in [1.54, 1.807) is 0 Å². The molecule has 2 N–H and O–H groups in total. The Morgan fingerprint density at radius 1 is 1.22 bits per heavy atom. The number of aryl methyl sites for hydroxylation is 1. The number of halogens is 1. The lowest BCUT2D eigenvalue weighted by atomic mass is 10.0.